The Morgan fingerprint density at radius 2 is 2.35 bits per heavy atom. The molecule has 1 saturated carbocycles. The molecular formula is C15H22N2O3. The first kappa shape index (κ1) is 13.6. The number of nitrogens with one attached hydrogen (secondary N) is 1. The smallest absolute Gasteiger partial charge is 0.374 e. The molecule has 0 spiro atoms. The van der Waals surface area contributed by atoms with Crippen molar-refractivity contribution in [3.8, 4) is 0 Å². The van der Waals surface area contributed by atoms with Crippen LogP contribution in [0.4, 0.5) is 0 Å². The Morgan fingerprint density at radius 3 is 3.10 bits per heavy atom. The Kier molecular flexibility index (Phi) is 4.08. The van der Waals surface area contributed by atoms with Crippen LogP contribution in [0, 0.1) is 5.92 Å². The normalized spacial score (nSPS) is 23.1. The maximum absolute atomic E-state index is 11.5. The predicted molar refractivity (Wildman–Crippen MR) is 74.5 cm³/mol. The summed E-state index contributed by atoms with van der Waals surface area (Å²) in [7, 11) is 1.37. The summed E-state index contributed by atoms with van der Waals surface area (Å²) in [6.45, 7) is 4.11. The number of likely N-dealkylation sites (tertiary alicyclic amines) is 1. The number of ether oxygens (including phenoxy) is 1. The zero-order valence-corrected chi connectivity index (χ0v) is 11.9. The van der Waals surface area contributed by atoms with Gasteiger partial charge in [-0.2, -0.15) is 0 Å². The molecule has 0 amide bonds. The molecule has 2 fully saturated rings. The van der Waals surface area contributed by atoms with E-state index in [0.29, 0.717) is 12.3 Å². The van der Waals surface area contributed by atoms with Crippen LogP contribution in [-0.4, -0.2) is 43.7 Å². The minimum Gasteiger partial charge on any atom is -0.463 e. The van der Waals surface area contributed by atoms with E-state index in [9.17, 15) is 4.79 Å². The van der Waals surface area contributed by atoms with Crippen LogP contribution in [0.2, 0.25) is 0 Å². The van der Waals surface area contributed by atoms with Crippen LogP contribution in [0.1, 0.15) is 35.4 Å². The van der Waals surface area contributed by atoms with E-state index < -0.39 is 5.97 Å². The van der Waals surface area contributed by atoms with Gasteiger partial charge in [0, 0.05) is 24.7 Å². The molecule has 1 aromatic rings. The molecule has 5 heteroatoms. The molecule has 1 atom stereocenters. The van der Waals surface area contributed by atoms with Crippen LogP contribution >= 0.6 is 0 Å². The van der Waals surface area contributed by atoms with Crippen LogP contribution in [0.3, 0.4) is 0 Å². The summed E-state index contributed by atoms with van der Waals surface area (Å²) in [5.41, 5.74) is 0.869. The average Bonchev–Trinajstić information content (AvgIpc) is 3.02. The molecule has 110 valence electrons. The Labute approximate surface area is 119 Å². The largest absolute Gasteiger partial charge is 0.463 e. The predicted octanol–water partition coefficient (Wildman–Crippen LogP) is 1.64. The molecule has 1 aliphatic carbocycles. The molecule has 1 unspecified atom stereocenters. The first-order chi connectivity index (χ1) is 9.78. The minimum absolute atomic E-state index is 0.311. The summed E-state index contributed by atoms with van der Waals surface area (Å²) >= 11 is 0. The Morgan fingerprint density at radius 1 is 1.50 bits per heavy atom. The zero-order chi connectivity index (χ0) is 13.9. The summed E-state index contributed by atoms with van der Waals surface area (Å²) in [6.07, 6.45) is 5.59. The lowest BCUT2D eigenvalue weighted by molar-refractivity contribution is 0.0563. The van der Waals surface area contributed by atoms with Crippen molar-refractivity contribution in [2.24, 2.45) is 5.92 Å². The van der Waals surface area contributed by atoms with Gasteiger partial charge in [0.25, 0.3) is 0 Å². The summed E-state index contributed by atoms with van der Waals surface area (Å²) < 4.78 is 9.87. The van der Waals surface area contributed by atoms with Crippen LogP contribution in [0.5, 0.6) is 0 Å². The van der Waals surface area contributed by atoms with E-state index in [1.165, 1.54) is 45.7 Å². The second-order valence-corrected chi connectivity index (χ2v) is 5.78. The first-order valence-electron chi connectivity index (χ1n) is 7.37. The molecule has 3 rings (SSSR count). The van der Waals surface area contributed by atoms with Crippen LogP contribution in [0.15, 0.2) is 16.7 Å². The van der Waals surface area contributed by atoms with Crippen LogP contribution in [0.25, 0.3) is 0 Å². The minimum atomic E-state index is -0.410. The van der Waals surface area contributed by atoms with Crippen LogP contribution in [-0.2, 0) is 11.3 Å². The number of nitrogens with zero attached hydrogens (tertiary/aromatic N) is 1. The number of esters is 1. The van der Waals surface area contributed by atoms with Gasteiger partial charge in [-0.15, -0.1) is 0 Å². The number of carbonyl (C=O) groups excluding carboxylic acids is 1. The number of rotatable bonds is 6. The molecule has 0 radical (unpaired) electrons. The quantitative estimate of drug-likeness (QED) is 0.802. The highest BCUT2D eigenvalue weighted by Crippen LogP contribution is 2.31. The van der Waals surface area contributed by atoms with Crippen molar-refractivity contribution in [3.05, 3.63) is 23.7 Å². The van der Waals surface area contributed by atoms with E-state index in [1.54, 1.807) is 0 Å². The molecule has 1 N–H and O–H groups in total. The van der Waals surface area contributed by atoms with Crippen molar-refractivity contribution in [1.82, 2.24) is 10.2 Å². The van der Waals surface area contributed by atoms with Crippen molar-refractivity contribution in [2.45, 2.75) is 31.8 Å². The van der Waals surface area contributed by atoms with Crippen molar-refractivity contribution in [1.29, 1.82) is 0 Å². The lowest BCUT2D eigenvalue weighted by Gasteiger charge is -2.15. The molecule has 1 aliphatic heterocycles. The topological polar surface area (TPSA) is 54.7 Å². The average molecular weight is 278 g/mol. The fourth-order valence-electron chi connectivity index (χ4n) is 2.96. The monoisotopic (exact) mass is 278 g/mol. The number of carbonyl (C=O) groups is 1. The van der Waals surface area contributed by atoms with Crippen molar-refractivity contribution >= 4 is 5.97 Å². The number of furan rings is 1. The third-order valence-corrected chi connectivity index (χ3v) is 4.25. The molecule has 0 aromatic carbocycles. The molecular weight excluding hydrogens is 256 g/mol. The molecule has 1 saturated heterocycles. The number of hydrogen-bond donors (Lipinski definition) is 1. The van der Waals surface area contributed by atoms with Crippen molar-refractivity contribution < 1.29 is 13.9 Å². The maximum Gasteiger partial charge on any atom is 0.374 e. The van der Waals surface area contributed by atoms with Crippen LogP contribution < -0.4 is 5.32 Å². The molecule has 1 aromatic heterocycles. The van der Waals surface area contributed by atoms with Crippen molar-refractivity contribution in [2.75, 3.05) is 26.7 Å². The van der Waals surface area contributed by atoms with Gasteiger partial charge in [0.05, 0.1) is 13.4 Å². The lowest BCUT2D eigenvalue weighted by atomic mass is 10.1. The first-order valence-corrected chi connectivity index (χ1v) is 7.37. The highest BCUT2D eigenvalue weighted by Gasteiger charge is 2.34. The Balaban J connectivity index is 1.43. The fourth-order valence-corrected chi connectivity index (χ4v) is 2.96. The molecule has 2 aliphatic rings. The number of hydrogen-bond acceptors (Lipinski definition) is 5. The standard InChI is InChI=1S/C15H22N2O3/c1-19-15(18)14-12(5-7-20-14)9-16-8-11-4-6-17(10-11)13-2-3-13/h5,7,11,13,16H,2-4,6,8-10H2,1H3. The van der Waals surface area contributed by atoms with Gasteiger partial charge in [-0.1, -0.05) is 0 Å². The van der Waals surface area contributed by atoms with Gasteiger partial charge in [0.1, 0.15) is 0 Å². The molecule has 2 heterocycles. The second-order valence-electron chi connectivity index (χ2n) is 5.78. The summed E-state index contributed by atoms with van der Waals surface area (Å²) in [5, 5.41) is 3.43. The van der Waals surface area contributed by atoms with Crippen molar-refractivity contribution in [3.63, 3.8) is 0 Å². The highest BCUT2D eigenvalue weighted by atomic mass is 16.5. The maximum atomic E-state index is 11.5. The highest BCUT2D eigenvalue weighted by molar-refractivity contribution is 5.87. The second kappa shape index (κ2) is 5.97. The van der Waals surface area contributed by atoms with E-state index in [2.05, 4.69) is 10.2 Å². The summed E-state index contributed by atoms with van der Waals surface area (Å²) in [6, 6.07) is 2.70. The fraction of sp³-hybridized carbons (Fsp3) is 0.667. The van der Waals surface area contributed by atoms with E-state index in [-0.39, 0.29) is 0 Å². The van der Waals surface area contributed by atoms with Gasteiger partial charge in [-0.25, -0.2) is 4.79 Å². The number of methoxy groups -OCH3 is 1. The van der Waals surface area contributed by atoms with Gasteiger partial charge in [0.15, 0.2) is 0 Å². The Hall–Kier alpha value is -1.33. The SMILES string of the molecule is COC(=O)c1occc1CNCC1CCN(C2CC2)C1. The molecule has 20 heavy (non-hydrogen) atoms. The van der Waals surface area contributed by atoms with Gasteiger partial charge in [-0.3, -0.25) is 0 Å². The van der Waals surface area contributed by atoms with Gasteiger partial charge in [0.2, 0.25) is 5.76 Å². The molecule has 5 nitrogen and oxygen atoms in total. The van der Waals surface area contributed by atoms with Gasteiger partial charge >= 0.3 is 5.97 Å². The van der Waals surface area contributed by atoms with E-state index >= 15 is 0 Å². The Bertz CT molecular complexity index is 467. The van der Waals surface area contributed by atoms with E-state index in [4.69, 9.17) is 9.15 Å². The van der Waals surface area contributed by atoms with Gasteiger partial charge in [-0.05, 0) is 44.3 Å². The lowest BCUT2D eigenvalue weighted by Crippen LogP contribution is -2.27. The summed E-state index contributed by atoms with van der Waals surface area (Å²) in [5.74, 6) is 0.627. The summed E-state index contributed by atoms with van der Waals surface area (Å²) in [4.78, 5) is 14.1. The van der Waals surface area contributed by atoms with E-state index in [0.717, 1.165) is 24.1 Å². The molecule has 0 bridgehead atoms. The van der Waals surface area contributed by atoms with Gasteiger partial charge < -0.3 is 19.4 Å². The zero-order valence-electron chi connectivity index (χ0n) is 11.9. The van der Waals surface area contributed by atoms with E-state index in [1.807, 2.05) is 6.07 Å². The third kappa shape index (κ3) is 3.04. The third-order valence-electron chi connectivity index (χ3n) is 4.25.